The lowest BCUT2D eigenvalue weighted by molar-refractivity contribution is -0.151. The Bertz CT molecular complexity index is 1620. The maximum atomic E-state index is 13.7. The first-order valence-corrected chi connectivity index (χ1v) is 27.2. The molecule has 4 aliphatic carbocycles. The zero-order valence-corrected chi connectivity index (χ0v) is 45.2. The lowest BCUT2D eigenvalue weighted by Crippen LogP contribution is -2.51. The summed E-state index contributed by atoms with van der Waals surface area (Å²) in [6.45, 7) is 32.6. The maximum absolute atomic E-state index is 13.7. The fourth-order valence-corrected chi connectivity index (χ4v) is 13.0. The van der Waals surface area contributed by atoms with Gasteiger partial charge in [-0.25, -0.2) is 9.59 Å². The number of nitrogens with zero attached hydrogens (tertiary/aromatic N) is 1. The van der Waals surface area contributed by atoms with E-state index in [0.717, 1.165) is 93.0 Å². The Morgan fingerprint density at radius 1 is 0.746 bits per heavy atom. The summed E-state index contributed by atoms with van der Waals surface area (Å²) in [5.74, 6) is 5.43. The van der Waals surface area contributed by atoms with Crippen molar-refractivity contribution in [3.63, 3.8) is 0 Å². The number of rotatable bonds is 24. The molecule has 3 fully saturated rings. The maximum Gasteiger partial charge on any atom is 0.407 e. The van der Waals surface area contributed by atoms with Crippen molar-refractivity contribution in [1.82, 2.24) is 20.9 Å². The number of amides is 3. The summed E-state index contributed by atoms with van der Waals surface area (Å²) >= 11 is 0. The highest BCUT2D eigenvalue weighted by molar-refractivity contribution is 5.77. The minimum Gasteiger partial charge on any atom is -0.462 e. The predicted octanol–water partition coefficient (Wildman–Crippen LogP) is 12.6. The summed E-state index contributed by atoms with van der Waals surface area (Å²) in [5, 5.41) is 9.24. The molecule has 0 aliphatic heterocycles. The van der Waals surface area contributed by atoms with E-state index in [4.69, 9.17) is 14.2 Å². The van der Waals surface area contributed by atoms with Gasteiger partial charge in [-0.05, 0) is 204 Å². The molecule has 3 saturated carbocycles. The third-order valence-corrected chi connectivity index (χ3v) is 16.8. The van der Waals surface area contributed by atoms with Crippen LogP contribution in [0.4, 0.5) is 9.59 Å². The first-order chi connectivity index (χ1) is 31.3. The third kappa shape index (κ3) is 17.2. The van der Waals surface area contributed by atoms with Crippen LogP contribution in [0.3, 0.4) is 0 Å². The van der Waals surface area contributed by atoms with Gasteiger partial charge in [-0.15, -0.1) is 0 Å². The van der Waals surface area contributed by atoms with Crippen LogP contribution in [0.1, 0.15) is 213 Å². The van der Waals surface area contributed by atoms with Gasteiger partial charge in [0.25, 0.3) is 0 Å². The van der Waals surface area contributed by atoms with Gasteiger partial charge in [0.2, 0.25) is 5.91 Å². The number of carbonyl (C=O) groups is 4. The average Bonchev–Trinajstić information content (AvgIpc) is 3.57. The number of esters is 1. The summed E-state index contributed by atoms with van der Waals surface area (Å²) in [6.07, 6.45) is 19.2. The van der Waals surface area contributed by atoms with E-state index in [9.17, 15) is 19.2 Å². The van der Waals surface area contributed by atoms with Gasteiger partial charge in [0.05, 0.1) is 0 Å². The second-order valence-corrected chi connectivity index (χ2v) is 24.7. The van der Waals surface area contributed by atoms with Crippen LogP contribution in [0.15, 0.2) is 11.6 Å². The van der Waals surface area contributed by atoms with Crippen LogP contribution >= 0.6 is 0 Å². The smallest absolute Gasteiger partial charge is 0.407 e. The van der Waals surface area contributed by atoms with E-state index >= 15 is 0 Å². The Morgan fingerprint density at radius 3 is 2.03 bits per heavy atom. The fourth-order valence-electron chi connectivity index (χ4n) is 13.0. The molecule has 0 heterocycles. The molecule has 11 atom stereocenters. The normalized spacial score (nSPS) is 27.9. The van der Waals surface area contributed by atoms with Gasteiger partial charge in [-0.2, -0.15) is 0 Å². The number of ether oxygens (including phenoxy) is 3. The van der Waals surface area contributed by atoms with Crippen LogP contribution in [0, 0.1) is 52.3 Å². The Labute approximate surface area is 408 Å². The first-order valence-electron chi connectivity index (χ1n) is 27.2. The molecule has 0 aromatic heterocycles. The molecule has 11 heteroatoms. The van der Waals surface area contributed by atoms with E-state index in [-0.39, 0.29) is 48.3 Å². The number of hydrogen-bond donors (Lipinski definition) is 3. The lowest BCUT2D eigenvalue weighted by Gasteiger charge is -2.58. The highest BCUT2D eigenvalue weighted by Crippen LogP contribution is 2.67. The average molecular weight is 941 g/mol. The summed E-state index contributed by atoms with van der Waals surface area (Å²) < 4.78 is 17.0. The Kier molecular flexibility index (Phi) is 21.5. The number of unbranched alkanes of at least 4 members (excludes halogenated alkanes) is 1. The molecular weight excluding hydrogens is 841 g/mol. The molecule has 0 spiro atoms. The molecular formula is C56H100N4O7. The number of nitrogens with one attached hydrogen (secondary N) is 3. The second kappa shape index (κ2) is 25.3. The van der Waals surface area contributed by atoms with Gasteiger partial charge in [-0.1, -0.05) is 66.0 Å². The van der Waals surface area contributed by atoms with E-state index in [1.807, 2.05) is 60.3 Å². The summed E-state index contributed by atoms with van der Waals surface area (Å²) in [5.41, 5.74) is 1.07. The SMILES string of the molecule is CCC(CCC(C)[C@H]1CC[C@H]2[C@@H]3CC=C4C[C@@H](OC(=O)CCCC(=O)N(CCCCNCCC(C)NC(=O)OC(C)(C)C)CCC(C)NC(=O)OC(C)(C)C)CC[C@]4(C)[C@H]3CC[C@]12C)C(C)C. The number of carbonyl (C=O) groups excluding carboxylic acids is 4. The number of allylic oxidation sites excluding steroid dienone is 1. The van der Waals surface area contributed by atoms with Crippen molar-refractivity contribution >= 4 is 24.1 Å². The minimum atomic E-state index is -0.593. The van der Waals surface area contributed by atoms with E-state index in [1.165, 1.54) is 56.9 Å². The zero-order chi connectivity index (χ0) is 49.7. The molecule has 11 nitrogen and oxygen atoms in total. The molecule has 0 bridgehead atoms. The Hall–Kier alpha value is -2.82. The van der Waals surface area contributed by atoms with Crippen molar-refractivity contribution in [2.24, 2.45) is 52.3 Å². The molecule has 4 rings (SSSR count). The van der Waals surface area contributed by atoms with Crippen molar-refractivity contribution in [3.8, 4) is 0 Å². The van der Waals surface area contributed by atoms with Gasteiger partial charge in [0.15, 0.2) is 0 Å². The van der Waals surface area contributed by atoms with Crippen LogP contribution in [-0.4, -0.2) is 84.5 Å². The molecule has 0 radical (unpaired) electrons. The van der Waals surface area contributed by atoms with Crippen LogP contribution in [0.25, 0.3) is 0 Å². The molecule has 0 aromatic carbocycles. The molecule has 4 unspecified atom stereocenters. The largest absolute Gasteiger partial charge is 0.462 e. The number of alkyl carbamates (subject to hydrolysis) is 2. The molecule has 67 heavy (non-hydrogen) atoms. The summed E-state index contributed by atoms with van der Waals surface area (Å²) in [4.78, 5) is 53.4. The first kappa shape index (κ1) is 56.8. The quantitative estimate of drug-likeness (QED) is 0.0377. The van der Waals surface area contributed by atoms with Crippen molar-refractivity contribution in [1.29, 1.82) is 0 Å². The highest BCUT2D eigenvalue weighted by Gasteiger charge is 2.59. The van der Waals surface area contributed by atoms with Crippen molar-refractivity contribution in [3.05, 3.63) is 11.6 Å². The van der Waals surface area contributed by atoms with Crippen LogP contribution in [0.5, 0.6) is 0 Å². The van der Waals surface area contributed by atoms with Gasteiger partial charge in [0, 0.05) is 44.4 Å². The standard InChI is InChI=1S/C56H100N4O7/c1-15-42(38(2)3)22-21-39(4)46-25-26-47-45-24-23-43-37-44(27-31-55(43,13)48(45)28-32-56(46,47)14)65-50(62)20-18-19-49(61)60(36-30-41(6)59-52(64)67-54(10,11)12)35-17-16-33-57-34-29-40(5)58-51(63)66-53(7,8)9/h23,38-42,44-48,57H,15-22,24-37H2,1-14H3,(H,58,63)(H,59,64)/t39?,40?,41?,42?,44-,45-,46+,47-,48-,55-,56+/m0/s1. The van der Waals surface area contributed by atoms with Crippen LogP contribution < -0.4 is 16.0 Å². The van der Waals surface area contributed by atoms with Gasteiger partial charge in [0.1, 0.15) is 17.3 Å². The molecule has 0 saturated heterocycles. The molecule has 4 aliphatic rings. The molecule has 0 aromatic rings. The summed E-state index contributed by atoms with van der Waals surface area (Å²) in [6, 6.07) is -0.202. The van der Waals surface area contributed by atoms with Crippen LogP contribution in [-0.2, 0) is 23.8 Å². The molecule has 3 amide bonds. The predicted molar refractivity (Wildman–Crippen MR) is 272 cm³/mol. The Morgan fingerprint density at radius 2 is 1.40 bits per heavy atom. The molecule has 3 N–H and O–H groups in total. The van der Waals surface area contributed by atoms with Gasteiger partial charge < -0.3 is 35.1 Å². The lowest BCUT2D eigenvalue weighted by atomic mass is 9.47. The fraction of sp³-hybridized carbons (Fsp3) is 0.893. The molecule has 386 valence electrons. The monoisotopic (exact) mass is 941 g/mol. The highest BCUT2D eigenvalue weighted by atomic mass is 16.6. The number of fused-ring (bicyclic) bond motifs is 5. The van der Waals surface area contributed by atoms with Crippen molar-refractivity contribution in [2.45, 2.75) is 242 Å². The zero-order valence-electron chi connectivity index (χ0n) is 45.2. The topological polar surface area (TPSA) is 135 Å². The van der Waals surface area contributed by atoms with E-state index < -0.39 is 23.4 Å². The van der Waals surface area contributed by atoms with Crippen LogP contribution in [0.2, 0.25) is 0 Å². The van der Waals surface area contributed by atoms with Crippen molar-refractivity contribution in [2.75, 3.05) is 26.2 Å². The minimum absolute atomic E-state index is 0.0190. The van der Waals surface area contributed by atoms with E-state index in [2.05, 4.69) is 63.6 Å². The second-order valence-electron chi connectivity index (χ2n) is 24.7. The number of hydrogen-bond acceptors (Lipinski definition) is 8. The third-order valence-electron chi connectivity index (χ3n) is 16.8. The van der Waals surface area contributed by atoms with Gasteiger partial charge in [-0.3, -0.25) is 9.59 Å². The van der Waals surface area contributed by atoms with Gasteiger partial charge >= 0.3 is 18.2 Å². The van der Waals surface area contributed by atoms with Crippen molar-refractivity contribution < 1.29 is 33.4 Å². The Balaban J connectivity index is 1.23. The van der Waals surface area contributed by atoms with E-state index in [1.54, 1.807) is 0 Å². The van der Waals surface area contributed by atoms with E-state index in [0.29, 0.717) is 31.3 Å². The summed E-state index contributed by atoms with van der Waals surface area (Å²) in [7, 11) is 0.